The number of fused-ring (bicyclic) bond motifs is 1. The summed E-state index contributed by atoms with van der Waals surface area (Å²) in [4.78, 5) is 11.7. The molecule has 24 heavy (non-hydrogen) atoms. The van der Waals surface area contributed by atoms with E-state index in [1.165, 1.54) is 0 Å². The minimum atomic E-state index is -4.48. The average Bonchev–Trinajstić information content (AvgIpc) is 3.08. The first-order valence-electron chi connectivity index (χ1n) is 7.86. The third-order valence-electron chi connectivity index (χ3n) is 4.36. The van der Waals surface area contributed by atoms with Gasteiger partial charge in [0.15, 0.2) is 0 Å². The molecule has 0 aromatic heterocycles. The van der Waals surface area contributed by atoms with Gasteiger partial charge < -0.3 is 30.6 Å². The zero-order chi connectivity index (χ0) is 17.9. The van der Waals surface area contributed by atoms with Crippen LogP contribution < -0.4 is 16.4 Å². The molecule has 1 amide bonds. The Bertz CT molecular complexity index is 438. The molecule has 0 radical (unpaired) electrons. The highest BCUT2D eigenvalue weighted by atomic mass is 19.4. The van der Waals surface area contributed by atoms with E-state index in [1.54, 1.807) is 7.11 Å². The zero-order valence-corrected chi connectivity index (χ0v) is 13.6. The summed E-state index contributed by atoms with van der Waals surface area (Å²) in [5, 5.41) is 5.05. The van der Waals surface area contributed by atoms with Gasteiger partial charge in [-0.2, -0.15) is 13.2 Å². The van der Waals surface area contributed by atoms with Crippen molar-refractivity contribution < 1.29 is 32.2 Å². The number of carbonyl (C=O) groups is 1. The molecule has 2 heterocycles. The predicted molar refractivity (Wildman–Crippen MR) is 78.3 cm³/mol. The van der Waals surface area contributed by atoms with Crippen LogP contribution in [-0.4, -0.2) is 75.4 Å². The number of amides is 1. The summed E-state index contributed by atoms with van der Waals surface area (Å²) >= 11 is 0. The Kier molecular flexibility index (Phi) is 6.43. The number of rotatable bonds is 7. The van der Waals surface area contributed by atoms with Crippen molar-refractivity contribution in [2.75, 3.05) is 26.9 Å². The van der Waals surface area contributed by atoms with Crippen molar-refractivity contribution in [3.63, 3.8) is 0 Å². The summed E-state index contributed by atoms with van der Waals surface area (Å²) in [5.41, 5.74) is 5.64. The van der Waals surface area contributed by atoms with Crippen LogP contribution in [0.4, 0.5) is 13.2 Å². The summed E-state index contributed by atoms with van der Waals surface area (Å²) in [6.07, 6.45) is -4.64. The number of methoxy groups -OCH3 is 1. The van der Waals surface area contributed by atoms with Crippen LogP contribution in [0.3, 0.4) is 0 Å². The lowest BCUT2D eigenvalue weighted by molar-refractivity contribution is -0.158. The molecule has 0 aromatic carbocycles. The molecule has 4 N–H and O–H groups in total. The van der Waals surface area contributed by atoms with Crippen LogP contribution in [0, 0.1) is 0 Å². The van der Waals surface area contributed by atoms with E-state index in [4.69, 9.17) is 19.9 Å². The number of carbonyl (C=O) groups excluding carboxylic acids is 1. The summed E-state index contributed by atoms with van der Waals surface area (Å²) in [6, 6.07) is -3.00. The predicted octanol–water partition coefficient (Wildman–Crippen LogP) is -0.458. The lowest BCUT2D eigenvalue weighted by Gasteiger charge is -2.21. The van der Waals surface area contributed by atoms with E-state index in [0.717, 1.165) is 6.92 Å². The van der Waals surface area contributed by atoms with E-state index in [0.29, 0.717) is 19.8 Å². The lowest BCUT2D eigenvalue weighted by Crippen LogP contribution is -2.51. The van der Waals surface area contributed by atoms with Crippen LogP contribution in [0.5, 0.6) is 0 Å². The molecule has 2 saturated heterocycles. The number of nitrogens with two attached hydrogens (primary N) is 1. The molecule has 0 aromatic rings. The molecule has 0 bridgehead atoms. The highest BCUT2D eigenvalue weighted by Crippen LogP contribution is 2.28. The fourth-order valence-electron chi connectivity index (χ4n) is 2.80. The normalized spacial score (nSPS) is 32.4. The Morgan fingerprint density at radius 3 is 2.62 bits per heavy atom. The molecule has 0 spiro atoms. The molecule has 6 atom stereocenters. The van der Waals surface area contributed by atoms with Crippen molar-refractivity contribution in [3.8, 4) is 0 Å². The maximum Gasteiger partial charge on any atom is 0.408 e. The fraction of sp³-hybridized carbons (Fsp3) is 0.929. The molecule has 7 nitrogen and oxygen atoms in total. The number of halogens is 3. The van der Waals surface area contributed by atoms with Crippen LogP contribution in [0.15, 0.2) is 0 Å². The van der Waals surface area contributed by atoms with Crippen molar-refractivity contribution in [1.82, 2.24) is 10.6 Å². The second kappa shape index (κ2) is 7.96. The summed E-state index contributed by atoms with van der Waals surface area (Å²) in [5.74, 6) is -0.821. The minimum absolute atomic E-state index is 0.0560. The van der Waals surface area contributed by atoms with Crippen molar-refractivity contribution in [3.05, 3.63) is 0 Å². The van der Waals surface area contributed by atoms with Gasteiger partial charge in [0.05, 0.1) is 25.3 Å². The molecular formula is C14H24F3N3O4. The minimum Gasteiger partial charge on any atom is -0.376 e. The van der Waals surface area contributed by atoms with Gasteiger partial charge in [-0.1, -0.05) is 0 Å². The highest BCUT2D eigenvalue weighted by Gasteiger charge is 2.47. The number of nitrogens with one attached hydrogen (secondary N) is 2. The van der Waals surface area contributed by atoms with Gasteiger partial charge in [0.1, 0.15) is 24.4 Å². The second-order valence-corrected chi connectivity index (χ2v) is 6.10. The third kappa shape index (κ3) is 4.57. The first kappa shape index (κ1) is 19.4. The molecule has 0 aliphatic carbocycles. The highest BCUT2D eigenvalue weighted by molar-refractivity contribution is 5.81. The molecule has 2 aliphatic rings. The van der Waals surface area contributed by atoms with Gasteiger partial charge in [0.25, 0.3) is 0 Å². The Morgan fingerprint density at radius 1 is 1.33 bits per heavy atom. The summed E-state index contributed by atoms with van der Waals surface area (Å²) in [7, 11) is 1.60. The van der Waals surface area contributed by atoms with Crippen LogP contribution in [-0.2, 0) is 19.0 Å². The van der Waals surface area contributed by atoms with E-state index in [-0.39, 0.29) is 30.8 Å². The lowest BCUT2D eigenvalue weighted by atomic mass is 10.1. The molecule has 6 unspecified atom stereocenters. The third-order valence-corrected chi connectivity index (χ3v) is 4.36. The van der Waals surface area contributed by atoms with Crippen LogP contribution >= 0.6 is 0 Å². The number of ether oxygens (including phenoxy) is 3. The molecule has 10 heteroatoms. The maximum absolute atomic E-state index is 12.4. The maximum atomic E-state index is 12.4. The summed E-state index contributed by atoms with van der Waals surface area (Å²) < 4.78 is 53.8. The smallest absolute Gasteiger partial charge is 0.376 e. The fourth-order valence-corrected chi connectivity index (χ4v) is 2.80. The standard InChI is InChI=1S/C14H24F3N3O4/c1-7(14(15,16)17)20-13(21)8(18)3-4-19-9-5-23-12-10(22-2)6-24-11(9)12/h7-12,19H,3-6,18H2,1-2H3,(H,20,21). The Morgan fingerprint density at radius 2 is 2.00 bits per heavy atom. The van der Waals surface area contributed by atoms with Gasteiger partial charge in [0, 0.05) is 7.11 Å². The average molecular weight is 355 g/mol. The van der Waals surface area contributed by atoms with Gasteiger partial charge in [0.2, 0.25) is 5.91 Å². The monoisotopic (exact) mass is 355 g/mol. The molecule has 2 fully saturated rings. The van der Waals surface area contributed by atoms with Crippen LogP contribution in [0.1, 0.15) is 13.3 Å². The van der Waals surface area contributed by atoms with Crippen LogP contribution in [0.2, 0.25) is 0 Å². The van der Waals surface area contributed by atoms with Gasteiger partial charge >= 0.3 is 6.18 Å². The van der Waals surface area contributed by atoms with Crippen LogP contribution in [0.25, 0.3) is 0 Å². The number of alkyl halides is 3. The van der Waals surface area contributed by atoms with Gasteiger partial charge in [-0.15, -0.1) is 0 Å². The largest absolute Gasteiger partial charge is 0.408 e. The van der Waals surface area contributed by atoms with Crippen molar-refractivity contribution in [1.29, 1.82) is 0 Å². The van der Waals surface area contributed by atoms with Gasteiger partial charge in [-0.3, -0.25) is 4.79 Å². The van der Waals surface area contributed by atoms with Crippen molar-refractivity contribution in [2.24, 2.45) is 5.73 Å². The molecular weight excluding hydrogens is 331 g/mol. The molecule has 0 saturated carbocycles. The van der Waals surface area contributed by atoms with E-state index < -0.39 is 24.2 Å². The van der Waals surface area contributed by atoms with E-state index in [2.05, 4.69) is 5.32 Å². The second-order valence-electron chi connectivity index (χ2n) is 6.10. The van der Waals surface area contributed by atoms with Crippen molar-refractivity contribution in [2.45, 2.75) is 56.0 Å². The Hall–Kier alpha value is -0.940. The topological polar surface area (TPSA) is 94.8 Å². The molecule has 2 aliphatic heterocycles. The molecule has 140 valence electrons. The number of hydrogen-bond acceptors (Lipinski definition) is 6. The molecule has 2 rings (SSSR count). The Balaban J connectivity index is 1.70. The number of hydrogen-bond donors (Lipinski definition) is 3. The first-order valence-corrected chi connectivity index (χ1v) is 7.86. The van der Waals surface area contributed by atoms with E-state index in [1.807, 2.05) is 5.32 Å². The quantitative estimate of drug-likeness (QED) is 0.572. The summed E-state index contributed by atoms with van der Waals surface area (Å²) in [6.45, 7) is 2.15. The van der Waals surface area contributed by atoms with Crippen molar-refractivity contribution >= 4 is 5.91 Å². The van der Waals surface area contributed by atoms with Gasteiger partial charge in [-0.05, 0) is 19.9 Å². The zero-order valence-electron chi connectivity index (χ0n) is 13.6. The van der Waals surface area contributed by atoms with E-state index >= 15 is 0 Å². The SMILES string of the molecule is COC1COC2C(NCCC(N)C(=O)NC(C)C(F)(F)F)COC12. The first-order chi connectivity index (χ1) is 11.2. The van der Waals surface area contributed by atoms with Gasteiger partial charge in [-0.25, -0.2) is 0 Å². The Labute approximate surface area is 138 Å². The van der Waals surface area contributed by atoms with E-state index in [9.17, 15) is 18.0 Å².